The van der Waals surface area contributed by atoms with Crippen LogP contribution < -0.4 is 20.5 Å². The van der Waals surface area contributed by atoms with Crippen molar-refractivity contribution in [1.29, 1.82) is 5.26 Å². The molecule has 0 spiro atoms. The average molecular weight is 603 g/mol. The maximum Gasteiger partial charge on any atom is 0.334 e. The van der Waals surface area contributed by atoms with E-state index >= 15 is 0 Å². The highest BCUT2D eigenvalue weighted by Crippen LogP contribution is 2.38. The van der Waals surface area contributed by atoms with Gasteiger partial charge >= 0.3 is 5.69 Å². The number of hydrogen-bond donors (Lipinski definition) is 3. The maximum atomic E-state index is 14.7. The van der Waals surface area contributed by atoms with Gasteiger partial charge in [0.15, 0.2) is 0 Å². The zero-order valence-electron chi connectivity index (χ0n) is 26.3. The number of methoxy groups -OCH3 is 2. The topological polar surface area (TPSA) is 113 Å². The van der Waals surface area contributed by atoms with Crippen LogP contribution in [0.1, 0.15) is 42.9 Å². The molecular weight excluding hydrogens is 564 g/mol. The quantitative estimate of drug-likeness (QED) is 0.148. The fourth-order valence-corrected chi connectivity index (χ4v) is 6.26. The van der Waals surface area contributed by atoms with Crippen molar-refractivity contribution in [2.24, 2.45) is 0 Å². The molecule has 0 aliphatic rings. The first-order chi connectivity index (χ1) is 21.9. The van der Waals surface area contributed by atoms with Gasteiger partial charge in [0, 0.05) is 56.4 Å². The summed E-state index contributed by atoms with van der Waals surface area (Å²) in [6.45, 7) is 7.23. The van der Waals surface area contributed by atoms with Gasteiger partial charge in [-0.3, -0.25) is 9.13 Å². The van der Waals surface area contributed by atoms with E-state index in [4.69, 9.17) is 9.47 Å². The third-order valence-corrected chi connectivity index (χ3v) is 8.33. The smallest absolute Gasteiger partial charge is 0.334 e. The maximum absolute atomic E-state index is 14.7. The van der Waals surface area contributed by atoms with Crippen LogP contribution in [0, 0.1) is 18.3 Å². The molecule has 9 nitrogen and oxygen atoms in total. The minimum Gasteiger partial charge on any atom is -0.497 e. The highest BCUT2D eigenvalue weighted by Gasteiger charge is 2.29. The lowest BCUT2D eigenvalue weighted by atomic mass is 10.0. The minimum absolute atomic E-state index is 0.145. The molecule has 45 heavy (non-hydrogen) atoms. The van der Waals surface area contributed by atoms with Crippen LogP contribution in [0.3, 0.4) is 0 Å². The molecule has 0 radical (unpaired) electrons. The third kappa shape index (κ3) is 5.38. The van der Waals surface area contributed by atoms with Gasteiger partial charge in [-0.1, -0.05) is 50.2 Å². The molecule has 0 atom stereocenters. The molecule has 230 valence electrons. The van der Waals surface area contributed by atoms with E-state index in [2.05, 4.69) is 41.3 Å². The van der Waals surface area contributed by atoms with Crippen LogP contribution in [-0.2, 0) is 13.0 Å². The first kappa shape index (κ1) is 29.9. The first-order valence-corrected chi connectivity index (χ1v) is 15.2. The molecule has 3 N–H and O–H groups in total. The second kappa shape index (κ2) is 12.4. The largest absolute Gasteiger partial charge is 0.497 e. The van der Waals surface area contributed by atoms with Crippen LogP contribution in [0.2, 0.25) is 0 Å². The zero-order chi connectivity index (χ0) is 31.7. The lowest BCUT2D eigenvalue weighted by molar-refractivity contribution is 0.390. The number of nitrogens with one attached hydrogen (secondary N) is 3. The van der Waals surface area contributed by atoms with E-state index in [1.54, 1.807) is 29.4 Å². The monoisotopic (exact) mass is 602 g/mol. The Labute approximate surface area is 262 Å². The third-order valence-electron chi connectivity index (χ3n) is 8.33. The number of hydrogen-bond acceptors (Lipinski definition) is 5. The number of aromatic nitrogens is 4. The molecule has 0 saturated carbocycles. The van der Waals surface area contributed by atoms with Crippen molar-refractivity contribution >= 4 is 21.8 Å². The molecule has 3 aromatic heterocycles. The lowest BCUT2D eigenvalue weighted by Crippen LogP contribution is -2.25. The molecule has 9 heteroatoms. The predicted molar refractivity (Wildman–Crippen MR) is 179 cm³/mol. The summed E-state index contributed by atoms with van der Waals surface area (Å²) in [6.07, 6.45) is 1.63. The average Bonchev–Trinajstić information content (AvgIpc) is 3.66. The Morgan fingerprint density at radius 1 is 0.956 bits per heavy atom. The number of H-pyrrole nitrogens is 2. The van der Waals surface area contributed by atoms with Gasteiger partial charge in [-0.2, -0.15) is 5.26 Å². The van der Waals surface area contributed by atoms with Crippen LogP contribution in [0.5, 0.6) is 11.5 Å². The van der Waals surface area contributed by atoms with Crippen LogP contribution >= 0.6 is 0 Å². The Hall–Kier alpha value is -5.20. The summed E-state index contributed by atoms with van der Waals surface area (Å²) < 4.78 is 14.4. The van der Waals surface area contributed by atoms with Gasteiger partial charge in [-0.25, -0.2) is 4.79 Å². The number of nitriles is 1. The molecule has 0 unspecified atom stereocenters. The van der Waals surface area contributed by atoms with Gasteiger partial charge in [-0.05, 0) is 50.6 Å². The molecule has 0 saturated heterocycles. The van der Waals surface area contributed by atoms with E-state index in [1.165, 1.54) is 0 Å². The molecule has 0 amide bonds. The summed E-state index contributed by atoms with van der Waals surface area (Å²) in [7, 11) is 3.19. The van der Waals surface area contributed by atoms with Crippen molar-refractivity contribution in [3.63, 3.8) is 0 Å². The van der Waals surface area contributed by atoms with Gasteiger partial charge in [-0.15, -0.1) is 0 Å². The molecule has 0 fully saturated rings. The molecular formula is C36H38N6O3. The standard InChI is InChI=1S/C36H38N6O3/c1-22(2)38-18-10-15-30-33(26-11-6-8-13-28(26)40-30)35-31(20-37)41(21-24-16-17-25(44-4)19-32(24)45-5)36(43)42(35)34-23(3)39-29-14-9-7-12-27(29)34/h6-9,11-14,16-17,19,22,38-40H,10,15,18,21H2,1-5H3. The van der Waals surface area contributed by atoms with Gasteiger partial charge in [0.25, 0.3) is 0 Å². The number of rotatable bonds is 11. The Morgan fingerprint density at radius 2 is 1.67 bits per heavy atom. The summed E-state index contributed by atoms with van der Waals surface area (Å²) in [6, 6.07) is 24.3. The number of nitrogens with zero attached hydrogens (tertiary/aromatic N) is 3. The highest BCUT2D eigenvalue weighted by atomic mass is 16.5. The Bertz CT molecular complexity index is 2100. The van der Waals surface area contributed by atoms with E-state index < -0.39 is 0 Å². The second-order valence-electron chi connectivity index (χ2n) is 11.6. The van der Waals surface area contributed by atoms with E-state index in [0.29, 0.717) is 23.2 Å². The van der Waals surface area contributed by atoms with Gasteiger partial charge in [0.1, 0.15) is 23.3 Å². The predicted octanol–water partition coefficient (Wildman–Crippen LogP) is 6.44. The molecule has 0 bridgehead atoms. The number of benzene rings is 3. The van der Waals surface area contributed by atoms with Crippen molar-refractivity contribution in [2.75, 3.05) is 20.8 Å². The van der Waals surface area contributed by atoms with Gasteiger partial charge < -0.3 is 24.8 Å². The first-order valence-electron chi connectivity index (χ1n) is 15.2. The fraction of sp³-hybridized carbons (Fsp3) is 0.278. The van der Waals surface area contributed by atoms with Gasteiger partial charge in [0.2, 0.25) is 0 Å². The van der Waals surface area contributed by atoms with Crippen molar-refractivity contribution in [2.45, 2.75) is 46.2 Å². The minimum atomic E-state index is -0.301. The van der Waals surface area contributed by atoms with Crippen molar-refractivity contribution in [3.8, 4) is 34.5 Å². The van der Waals surface area contributed by atoms with Crippen LogP contribution in [0.25, 0.3) is 38.8 Å². The summed E-state index contributed by atoms with van der Waals surface area (Å²) in [5.74, 6) is 1.22. The second-order valence-corrected chi connectivity index (χ2v) is 11.6. The van der Waals surface area contributed by atoms with E-state index in [-0.39, 0.29) is 17.9 Å². The van der Waals surface area contributed by atoms with Crippen molar-refractivity contribution in [3.05, 3.63) is 99.9 Å². The fourth-order valence-electron chi connectivity index (χ4n) is 6.26. The Balaban J connectivity index is 1.65. The lowest BCUT2D eigenvalue weighted by Gasteiger charge is -2.12. The normalized spacial score (nSPS) is 11.5. The summed E-state index contributed by atoms with van der Waals surface area (Å²) >= 11 is 0. The SMILES string of the molecule is COc1ccc(Cn2c(C#N)c(-c3c(CCCNC(C)C)[nH]c4ccccc34)n(-c3c(C)[nH]c4ccccc34)c2=O)c(OC)c1. The molecule has 0 aliphatic heterocycles. The van der Waals surface area contributed by atoms with E-state index in [1.807, 2.05) is 61.5 Å². The molecule has 0 aliphatic carbocycles. The number of fused-ring (bicyclic) bond motifs is 2. The molecule has 3 heterocycles. The summed E-state index contributed by atoms with van der Waals surface area (Å²) in [5.41, 5.74) is 6.64. The van der Waals surface area contributed by atoms with Crippen molar-refractivity contribution in [1.82, 2.24) is 24.4 Å². The number of aromatic amines is 2. The summed E-state index contributed by atoms with van der Waals surface area (Å²) in [5, 5.41) is 16.2. The van der Waals surface area contributed by atoms with Crippen LogP contribution in [0.4, 0.5) is 0 Å². The number of ether oxygens (including phenoxy) is 2. The molecule has 3 aromatic carbocycles. The molecule has 6 rings (SSSR count). The van der Waals surface area contributed by atoms with Gasteiger partial charge in [0.05, 0.1) is 32.1 Å². The van der Waals surface area contributed by atoms with E-state index in [9.17, 15) is 10.1 Å². The van der Waals surface area contributed by atoms with Crippen LogP contribution in [-0.4, -0.2) is 45.9 Å². The van der Waals surface area contributed by atoms with Crippen molar-refractivity contribution < 1.29 is 9.47 Å². The Kier molecular flexibility index (Phi) is 8.24. The number of para-hydroxylation sites is 2. The number of imidazole rings is 1. The number of aryl methyl sites for hydroxylation is 2. The van der Waals surface area contributed by atoms with E-state index in [0.717, 1.165) is 69.4 Å². The van der Waals surface area contributed by atoms with Crippen LogP contribution in [0.15, 0.2) is 71.5 Å². The summed E-state index contributed by atoms with van der Waals surface area (Å²) in [4.78, 5) is 21.8. The highest BCUT2D eigenvalue weighted by molar-refractivity contribution is 5.99. The zero-order valence-corrected chi connectivity index (χ0v) is 26.3. The Morgan fingerprint density at radius 3 is 2.36 bits per heavy atom. The molecule has 6 aromatic rings.